The molecule has 0 saturated carbocycles. The summed E-state index contributed by atoms with van der Waals surface area (Å²) in [7, 11) is -2.24. The fourth-order valence-corrected chi connectivity index (χ4v) is 5.20. The molecule has 9 heteroatoms. The number of aryl methyl sites for hydroxylation is 1. The van der Waals surface area contributed by atoms with Crippen molar-refractivity contribution in [3.63, 3.8) is 0 Å². The standard InChI is InChI=1S/C31H39N3O5S/c1-5-6-19-32-31(36)29(21-25-11-8-7-9-12-25)33(22-26-13-10-14-28(20-26)39-3)30(35)23-34(40(4,37)38)27-17-15-24(2)16-18-27/h7-18,20,29H,5-6,19,21-23H2,1-4H3,(H,32,36)/t29-/m1/s1. The van der Waals surface area contributed by atoms with Crippen molar-refractivity contribution in [2.75, 3.05) is 30.8 Å². The first kappa shape index (κ1) is 30.7. The molecule has 2 amide bonds. The lowest BCUT2D eigenvalue weighted by atomic mass is 10.0. The number of sulfonamides is 1. The van der Waals surface area contributed by atoms with Crippen LogP contribution in [-0.2, 0) is 32.6 Å². The Morgan fingerprint density at radius 2 is 1.62 bits per heavy atom. The molecular formula is C31H39N3O5S. The molecule has 40 heavy (non-hydrogen) atoms. The van der Waals surface area contributed by atoms with Crippen molar-refractivity contribution in [1.29, 1.82) is 0 Å². The van der Waals surface area contributed by atoms with E-state index in [1.165, 1.54) is 4.90 Å². The van der Waals surface area contributed by atoms with Crippen LogP contribution >= 0.6 is 0 Å². The van der Waals surface area contributed by atoms with Crippen molar-refractivity contribution in [3.8, 4) is 5.75 Å². The van der Waals surface area contributed by atoms with E-state index >= 15 is 0 Å². The number of nitrogens with one attached hydrogen (secondary N) is 1. The molecule has 0 fully saturated rings. The largest absolute Gasteiger partial charge is 0.497 e. The second kappa shape index (κ2) is 14.5. The lowest BCUT2D eigenvalue weighted by Gasteiger charge is -2.33. The predicted molar refractivity (Wildman–Crippen MR) is 159 cm³/mol. The average Bonchev–Trinajstić information content (AvgIpc) is 2.94. The molecule has 214 valence electrons. The van der Waals surface area contributed by atoms with E-state index in [0.717, 1.165) is 40.1 Å². The maximum absolute atomic E-state index is 14.1. The highest BCUT2D eigenvalue weighted by atomic mass is 32.2. The lowest BCUT2D eigenvalue weighted by Crippen LogP contribution is -2.53. The van der Waals surface area contributed by atoms with E-state index in [2.05, 4.69) is 5.32 Å². The van der Waals surface area contributed by atoms with Crippen molar-refractivity contribution < 1.29 is 22.7 Å². The van der Waals surface area contributed by atoms with Gasteiger partial charge in [-0.3, -0.25) is 13.9 Å². The van der Waals surface area contributed by atoms with Crippen LogP contribution in [0, 0.1) is 6.92 Å². The number of hydrogen-bond acceptors (Lipinski definition) is 5. The quantitative estimate of drug-likeness (QED) is 0.294. The van der Waals surface area contributed by atoms with Gasteiger partial charge < -0.3 is 15.0 Å². The zero-order chi connectivity index (χ0) is 29.1. The molecule has 0 aromatic heterocycles. The highest BCUT2D eigenvalue weighted by molar-refractivity contribution is 7.92. The molecule has 0 saturated heterocycles. The minimum Gasteiger partial charge on any atom is -0.497 e. The summed E-state index contributed by atoms with van der Waals surface area (Å²) in [5, 5.41) is 2.98. The summed E-state index contributed by atoms with van der Waals surface area (Å²) in [5.41, 5.74) is 3.00. The fourth-order valence-electron chi connectivity index (χ4n) is 4.35. The number of unbranched alkanes of at least 4 members (excludes halogenated alkanes) is 1. The maximum atomic E-state index is 14.1. The van der Waals surface area contributed by atoms with E-state index in [9.17, 15) is 18.0 Å². The Morgan fingerprint density at radius 1 is 0.950 bits per heavy atom. The Labute approximate surface area is 238 Å². The van der Waals surface area contributed by atoms with Gasteiger partial charge in [0.05, 0.1) is 19.1 Å². The molecule has 1 atom stereocenters. The first-order valence-corrected chi connectivity index (χ1v) is 15.3. The van der Waals surface area contributed by atoms with Crippen LogP contribution in [0.15, 0.2) is 78.9 Å². The third-order valence-electron chi connectivity index (χ3n) is 6.59. The van der Waals surface area contributed by atoms with Crippen molar-refractivity contribution in [3.05, 3.63) is 95.6 Å². The highest BCUT2D eigenvalue weighted by Crippen LogP contribution is 2.22. The third kappa shape index (κ3) is 8.84. The Kier molecular flexibility index (Phi) is 11.1. The number of nitrogens with zero attached hydrogens (tertiary/aromatic N) is 2. The summed E-state index contributed by atoms with van der Waals surface area (Å²) in [5.74, 6) is -0.149. The molecule has 0 heterocycles. The topological polar surface area (TPSA) is 96.0 Å². The van der Waals surface area contributed by atoms with Crippen LogP contribution in [0.2, 0.25) is 0 Å². The van der Waals surface area contributed by atoms with Gasteiger partial charge in [0, 0.05) is 19.5 Å². The van der Waals surface area contributed by atoms with Gasteiger partial charge in [0.2, 0.25) is 21.8 Å². The van der Waals surface area contributed by atoms with Crippen LogP contribution in [0.3, 0.4) is 0 Å². The van der Waals surface area contributed by atoms with Crippen molar-refractivity contribution in [2.45, 2.75) is 45.7 Å². The minimum absolute atomic E-state index is 0.0975. The van der Waals surface area contributed by atoms with Gasteiger partial charge in [-0.15, -0.1) is 0 Å². The summed E-state index contributed by atoms with van der Waals surface area (Å²) in [6, 6.07) is 22.9. The smallest absolute Gasteiger partial charge is 0.244 e. The number of amides is 2. The molecule has 0 bridgehead atoms. The monoisotopic (exact) mass is 565 g/mol. The number of anilines is 1. The van der Waals surface area contributed by atoms with Crippen LogP contribution in [0.1, 0.15) is 36.5 Å². The zero-order valence-corrected chi connectivity index (χ0v) is 24.5. The second-order valence-electron chi connectivity index (χ2n) is 9.83. The Hall–Kier alpha value is -3.85. The van der Waals surface area contributed by atoms with Crippen LogP contribution in [0.25, 0.3) is 0 Å². The molecule has 0 unspecified atom stereocenters. The summed E-state index contributed by atoms with van der Waals surface area (Å²) in [6.07, 6.45) is 3.07. The Bertz CT molecular complexity index is 1360. The van der Waals surface area contributed by atoms with E-state index in [4.69, 9.17) is 4.74 Å². The molecule has 0 aliphatic carbocycles. The Balaban J connectivity index is 2.04. The number of benzene rings is 3. The van der Waals surface area contributed by atoms with Crippen molar-refractivity contribution in [2.24, 2.45) is 0 Å². The first-order chi connectivity index (χ1) is 19.1. The normalized spacial score (nSPS) is 11.9. The number of ether oxygens (including phenoxy) is 1. The van der Waals surface area contributed by atoms with Gasteiger partial charge in [-0.2, -0.15) is 0 Å². The lowest BCUT2D eigenvalue weighted by molar-refractivity contribution is -0.140. The number of carbonyl (C=O) groups excluding carboxylic acids is 2. The molecule has 8 nitrogen and oxygen atoms in total. The maximum Gasteiger partial charge on any atom is 0.244 e. The van der Waals surface area contributed by atoms with Gasteiger partial charge in [-0.1, -0.05) is 73.5 Å². The van der Waals surface area contributed by atoms with Crippen molar-refractivity contribution >= 4 is 27.5 Å². The van der Waals surface area contributed by atoms with Gasteiger partial charge in [0.15, 0.2) is 0 Å². The van der Waals surface area contributed by atoms with Crippen LogP contribution in [0.5, 0.6) is 5.75 Å². The summed E-state index contributed by atoms with van der Waals surface area (Å²) >= 11 is 0. The molecule has 3 aromatic carbocycles. The number of carbonyl (C=O) groups is 2. The third-order valence-corrected chi connectivity index (χ3v) is 7.73. The minimum atomic E-state index is -3.80. The molecule has 3 aromatic rings. The van der Waals surface area contributed by atoms with Crippen LogP contribution < -0.4 is 14.4 Å². The predicted octanol–water partition coefficient (Wildman–Crippen LogP) is 4.33. The molecular weight excluding hydrogens is 526 g/mol. The Morgan fingerprint density at radius 3 is 2.25 bits per heavy atom. The SMILES string of the molecule is CCCCNC(=O)[C@@H](Cc1ccccc1)N(Cc1cccc(OC)c1)C(=O)CN(c1ccc(C)cc1)S(C)(=O)=O. The van der Waals surface area contributed by atoms with Gasteiger partial charge >= 0.3 is 0 Å². The number of rotatable bonds is 14. The van der Waals surface area contributed by atoms with E-state index in [1.54, 1.807) is 37.4 Å². The fraction of sp³-hybridized carbons (Fsp3) is 0.355. The summed E-state index contributed by atoms with van der Waals surface area (Å²) < 4.78 is 32.1. The van der Waals surface area contributed by atoms with Crippen LogP contribution in [-0.4, -0.2) is 57.6 Å². The van der Waals surface area contributed by atoms with Crippen molar-refractivity contribution in [1.82, 2.24) is 10.2 Å². The van der Waals surface area contributed by atoms with Gasteiger partial charge in [0.25, 0.3) is 0 Å². The van der Waals surface area contributed by atoms with Gasteiger partial charge in [0.1, 0.15) is 18.3 Å². The van der Waals surface area contributed by atoms with E-state index < -0.39 is 28.5 Å². The average molecular weight is 566 g/mol. The second-order valence-corrected chi connectivity index (χ2v) is 11.7. The van der Waals surface area contributed by atoms with E-state index in [-0.39, 0.29) is 18.9 Å². The van der Waals surface area contributed by atoms with E-state index in [0.29, 0.717) is 18.0 Å². The molecule has 1 N–H and O–H groups in total. The summed E-state index contributed by atoms with van der Waals surface area (Å²) in [6.45, 7) is 4.08. The van der Waals surface area contributed by atoms with Gasteiger partial charge in [-0.05, 0) is 48.7 Å². The first-order valence-electron chi connectivity index (χ1n) is 13.4. The molecule has 0 radical (unpaired) electrons. The van der Waals surface area contributed by atoms with Gasteiger partial charge in [-0.25, -0.2) is 8.42 Å². The number of methoxy groups -OCH3 is 1. The molecule has 0 aliphatic rings. The molecule has 0 aliphatic heterocycles. The molecule has 0 spiro atoms. The zero-order valence-electron chi connectivity index (χ0n) is 23.7. The van der Waals surface area contributed by atoms with E-state index in [1.807, 2.05) is 62.4 Å². The summed E-state index contributed by atoms with van der Waals surface area (Å²) in [4.78, 5) is 29.2. The highest BCUT2D eigenvalue weighted by Gasteiger charge is 2.33. The van der Waals surface area contributed by atoms with Crippen LogP contribution in [0.4, 0.5) is 5.69 Å². The molecule has 3 rings (SSSR count). The number of hydrogen-bond donors (Lipinski definition) is 1.